The number of nitrogens with one attached hydrogen (secondary N) is 1. The number of hydrogen-bond acceptors (Lipinski definition) is 2. The van der Waals surface area contributed by atoms with Gasteiger partial charge in [-0.15, -0.1) is 0 Å². The summed E-state index contributed by atoms with van der Waals surface area (Å²) in [4.78, 5) is 17.4. The highest BCUT2D eigenvalue weighted by atomic mass is 16.1. The molecule has 1 N–H and O–H groups in total. The Kier molecular flexibility index (Phi) is 4.94. The molecular formula is C24H23N3O. The number of para-hydroxylation sites is 2. The summed E-state index contributed by atoms with van der Waals surface area (Å²) >= 11 is 0. The molecule has 0 aliphatic heterocycles. The van der Waals surface area contributed by atoms with Gasteiger partial charge in [0.15, 0.2) is 0 Å². The lowest BCUT2D eigenvalue weighted by atomic mass is 10.1. The van der Waals surface area contributed by atoms with Gasteiger partial charge in [0.05, 0.1) is 17.1 Å². The van der Waals surface area contributed by atoms with Crippen LogP contribution in [-0.4, -0.2) is 15.5 Å². The van der Waals surface area contributed by atoms with Gasteiger partial charge in [-0.3, -0.25) is 4.79 Å². The minimum Gasteiger partial charge on any atom is -0.342 e. The molecule has 4 heteroatoms. The summed E-state index contributed by atoms with van der Waals surface area (Å²) in [5.41, 5.74) is 5.10. The van der Waals surface area contributed by atoms with Crippen molar-refractivity contribution in [3.8, 4) is 0 Å². The van der Waals surface area contributed by atoms with E-state index in [1.807, 2.05) is 55.5 Å². The summed E-state index contributed by atoms with van der Waals surface area (Å²) in [6, 6.07) is 25.7. The summed E-state index contributed by atoms with van der Waals surface area (Å²) < 4.78 is 2.19. The van der Waals surface area contributed by atoms with E-state index in [1.165, 1.54) is 11.1 Å². The van der Waals surface area contributed by atoms with Crippen molar-refractivity contribution in [1.82, 2.24) is 14.9 Å². The highest BCUT2D eigenvalue weighted by Crippen LogP contribution is 2.23. The quantitative estimate of drug-likeness (QED) is 0.545. The number of carbonyl (C=O) groups excluding carboxylic acids is 1. The molecule has 140 valence electrons. The lowest BCUT2D eigenvalue weighted by Crippen LogP contribution is -2.28. The second kappa shape index (κ2) is 7.69. The third-order valence-electron chi connectivity index (χ3n) is 4.92. The van der Waals surface area contributed by atoms with E-state index in [9.17, 15) is 4.79 Å². The molecule has 1 heterocycles. The van der Waals surface area contributed by atoms with Crippen LogP contribution in [0.25, 0.3) is 11.0 Å². The number of rotatable bonds is 5. The zero-order valence-electron chi connectivity index (χ0n) is 16.1. The van der Waals surface area contributed by atoms with Crippen LogP contribution >= 0.6 is 0 Å². The van der Waals surface area contributed by atoms with Crippen LogP contribution in [-0.2, 0) is 6.54 Å². The molecule has 0 spiro atoms. The molecule has 3 aromatic carbocycles. The predicted octanol–water partition coefficient (Wildman–Crippen LogP) is 4.88. The summed E-state index contributed by atoms with van der Waals surface area (Å²) in [6.45, 7) is 4.78. The third-order valence-corrected chi connectivity index (χ3v) is 4.92. The second-order valence-corrected chi connectivity index (χ2v) is 7.09. The van der Waals surface area contributed by atoms with Crippen molar-refractivity contribution in [2.24, 2.45) is 0 Å². The number of nitrogens with zero attached hydrogens (tertiary/aromatic N) is 2. The van der Waals surface area contributed by atoms with Crippen molar-refractivity contribution < 1.29 is 4.79 Å². The molecule has 0 radical (unpaired) electrons. The first-order valence-corrected chi connectivity index (χ1v) is 9.48. The lowest BCUT2D eigenvalue weighted by molar-refractivity contribution is 0.0938. The highest BCUT2D eigenvalue weighted by molar-refractivity contribution is 5.94. The lowest BCUT2D eigenvalue weighted by Gasteiger charge is -2.17. The van der Waals surface area contributed by atoms with E-state index in [0.717, 1.165) is 16.9 Å². The van der Waals surface area contributed by atoms with Crippen molar-refractivity contribution in [3.05, 3.63) is 101 Å². The van der Waals surface area contributed by atoms with Gasteiger partial charge in [0.2, 0.25) is 0 Å². The van der Waals surface area contributed by atoms with Gasteiger partial charge >= 0.3 is 0 Å². The Morgan fingerprint density at radius 3 is 2.39 bits per heavy atom. The fourth-order valence-electron chi connectivity index (χ4n) is 3.40. The third kappa shape index (κ3) is 3.67. The molecule has 0 saturated carbocycles. The van der Waals surface area contributed by atoms with Crippen LogP contribution < -0.4 is 5.32 Å². The van der Waals surface area contributed by atoms with Crippen LogP contribution in [0.5, 0.6) is 0 Å². The van der Waals surface area contributed by atoms with E-state index in [4.69, 9.17) is 4.98 Å². The van der Waals surface area contributed by atoms with Crippen molar-refractivity contribution in [2.75, 3.05) is 0 Å². The molecule has 0 unspecified atom stereocenters. The first-order valence-electron chi connectivity index (χ1n) is 9.48. The van der Waals surface area contributed by atoms with Gasteiger partial charge in [0, 0.05) is 12.1 Å². The van der Waals surface area contributed by atoms with Crippen LogP contribution in [0, 0.1) is 6.92 Å². The van der Waals surface area contributed by atoms with E-state index in [0.29, 0.717) is 12.1 Å². The molecule has 0 fully saturated rings. The smallest absolute Gasteiger partial charge is 0.251 e. The Hall–Kier alpha value is -3.40. The molecule has 0 bridgehead atoms. The van der Waals surface area contributed by atoms with Crippen molar-refractivity contribution in [2.45, 2.75) is 26.4 Å². The highest BCUT2D eigenvalue weighted by Gasteiger charge is 2.19. The van der Waals surface area contributed by atoms with Crippen LogP contribution in [0.2, 0.25) is 0 Å². The van der Waals surface area contributed by atoms with Gasteiger partial charge in [-0.25, -0.2) is 4.98 Å². The Labute approximate surface area is 164 Å². The molecule has 1 amide bonds. The first kappa shape index (κ1) is 18.0. The van der Waals surface area contributed by atoms with E-state index < -0.39 is 0 Å². The van der Waals surface area contributed by atoms with Crippen molar-refractivity contribution in [3.63, 3.8) is 0 Å². The van der Waals surface area contributed by atoms with Gasteiger partial charge in [-0.2, -0.15) is 0 Å². The Balaban J connectivity index is 1.67. The number of aryl methyl sites for hydroxylation is 1. The molecule has 28 heavy (non-hydrogen) atoms. The molecule has 1 aromatic heterocycles. The van der Waals surface area contributed by atoms with Gasteiger partial charge < -0.3 is 9.88 Å². The number of fused-ring (bicyclic) bond motifs is 1. The minimum absolute atomic E-state index is 0.0953. The van der Waals surface area contributed by atoms with Crippen LogP contribution in [0.15, 0.2) is 78.9 Å². The molecule has 1 atom stereocenters. The predicted molar refractivity (Wildman–Crippen MR) is 112 cm³/mol. The number of hydrogen-bond donors (Lipinski definition) is 1. The second-order valence-electron chi connectivity index (χ2n) is 7.09. The number of carbonyl (C=O) groups is 1. The Bertz CT molecular complexity index is 1100. The zero-order valence-corrected chi connectivity index (χ0v) is 16.1. The number of amides is 1. The van der Waals surface area contributed by atoms with Gasteiger partial charge in [-0.1, -0.05) is 60.2 Å². The Morgan fingerprint density at radius 2 is 1.64 bits per heavy atom. The van der Waals surface area contributed by atoms with Crippen molar-refractivity contribution in [1.29, 1.82) is 0 Å². The van der Waals surface area contributed by atoms with Gasteiger partial charge in [-0.05, 0) is 43.7 Å². The topological polar surface area (TPSA) is 46.9 Å². The maximum Gasteiger partial charge on any atom is 0.251 e. The number of benzene rings is 3. The standard InChI is InChI=1S/C24H23N3O/c1-17-12-14-19(15-13-17)16-27-22-11-7-6-10-21(22)26-23(27)18(2)25-24(28)20-8-4-3-5-9-20/h3-15,18H,16H2,1-2H3,(H,25,28)/t18-/m0/s1. The van der Waals surface area contributed by atoms with E-state index in [-0.39, 0.29) is 11.9 Å². The summed E-state index contributed by atoms with van der Waals surface area (Å²) in [5.74, 6) is 0.757. The summed E-state index contributed by atoms with van der Waals surface area (Å²) in [5, 5.41) is 3.09. The van der Waals surface area contributed by atoms with Crippen LogP contribution in [0.3, 0.4) is 0 Å². The summed E-state index contributed by atoms with van der Waals surface area (Å²) in [6.07, 6.45) is 0. The van der Waals surface area contributed by atoms with E-state index in [1.54, 1.807) is 0 Å². The molecule has 0 saturated heterocycles. The van der Waals surface area contributed by atoms with Gasteiger partial charge in [0.1, 0.15) is 5.82 Å². The van der Waals surface area contributed by atoms with Crippen molar-refractivity contribution >= 4 is 16.9 Å². The molecular weight excluding hydrogens is 346 g/mol. The fourth-order valence-corrected chi connectivity index (χ4v) is 3.40. The molecule has 4 rings (SSSR count). The molecule has 0 aliphatic rings. The first-order chi connectivity index (χ1) is 13.6. The zero-order chi connectivity index (χ0) is 19.5. The monoisotopic (exact) mass is 369 g/mol. The Morgan fingerprint density at radius 1 is 0.964 bits per heavy atom. The number of aromatic nitrogens is 2. The minimum atomic E-state index is -0.217. The molecule has 4 nitrogen and oxygen atoms in total. The van der Waals surface area contributed by atoms with Crippen LogP contribution in [0.4, 0.5) is 0 Å². The van der Waals surface area contributed by atoms with Crippen LogP contribution in [0.1, 0.15) is 40.3 Å². The summed E-state index contributed by atoms with van der Waals surface area (Å²) in [7, 11) is 0. The van der Waals surface area contributed by atoms with Gasteiger partial charge in [0.25, 0.3) is 5.91 Å². The largest absolute Gasteiger partial charge is 0.342 e. The average Bonchev–Trinajstić information content (AvgIpc) is 3.09. The molecule has 4 aromatic rings. The fraction of sp³-hybridized carbons (Fsp3) is 0.167. The van der Waals surface area contributed by atoms with E-state index in [2.05, 4.69) is 47.1 Å². The average molecular weight is 369 g/mol. The molecule has 0 aliphatic carbocycles. The number of imidazole rings is 1. The maximum absolute atomic E-state index is 12.6. The normalized spacial score (nSPS) is 12.1. The maximum atomic E-state index is 12.6. The van der Waals surface area contributed by atoms with E-state index >= 15 is 0 Å². The SMILES string of the molecule is Cc1ccc(Cn2c([C@H](C)NC(=O)c3ccccc3)nc3ccccc32)cc1.